The number of hydrogen-bond acceptors (Lipinski definition) is 4. The molecule has 0 amide bonds. The molecule has 14 aromatic rings. The first kappa shape index (κ1) is 42.8. The van der Waals surface area contributed by atoms with E-state index in [-0.39, 0.29) is 0 Å². The number of fused-ring (bicyclic) bond motifs is 6. The van der Waals surface area contributed by atoms with Crippen LogP contribution in [0.4, 0.5) is 0 Å². The third kappa shape index (κ3) is 7.61. The van der Waals surface area contributed by atoms with Crippen LogP contribution in [0, 0.1) is 0 Å². The lowest BCUT2D eigenvalue weighted by Gasteiger charge is -2.13. The van der Waals surface area contributed by atoms with Crippen molar-refractivity contribution in [3.05, 3.63) is 267 Å². The molecule has 74 heavy (non-hydrogen) atoms. The predicted octanol–water partition coefficient (Wildman–Crippen LogP) is 17.1. The van der Waals surface area contributed by atoms with Crippen molar-refractivity contribution in [2.24, 2.45) is 0 Å². The predicted molar refractivity (Wildman–Crippen MR) is 304 cm³/mol. The molecule has 0 bridgehead atoms. The second kappa shape index (κ2) is 18.0. The van der Waals surface area contributed by atoms with Gasteiger partial charge in [-0.05, 0) is 83.9 Å². The van der Waals surface area contributed by atoms with E-state index in [4.69, 9.17) is 19.9 Å². The molecule has 0 radical (unpaired) electrons. The average Bonchev–Trinajstić information content (AvgIpc) is 4.02. The van der Waals surface area contributed by atoms with Gasteiger partial charge in [0.1, 0.15) is 0 Å². The highest BCUT2D eigenvalue weighted by atomic mass is 15.0. The molecule has 0 unspecified atom stereocenters. The highest BCUT2D eigenvalue weighted by molar-refractivity contribution is 6.13. The Kier molecular flexibility index (Phi) is 10.4. The minimum atomic E-state index is 0.697. The molecule has 0 spiro atoms. The van der Waals surface area contributed by atoms with Crippen LogP contribution in [0.5, 0.6) is 0 Å². The summed E-state index contributed by atoms with van der Waals surface area (Å²) >= 11 is 0. The Balaban J connectivity index is 0.856. The molecule has 0 aliphatic heterocycles. The molecule has 0 fully saturated rings. The van der Waals surface area contributed by atoms with E-state index in [9.17, 15) is 0 Å². The van der Waals surface area contributed by atoms with Gasteiger partial charge in [-0.15, -0.1) is 0 Å². The van der Waals surface area contributed by atoms with Crippen LogP contribution in [-0.4, -0.2) is 29.1 Å². The lowest BCUT2D eigenvalue weighted by molar-refractivity contribution is 1.16. The fourth-order valence-electron chi connectivity index (χ4n) is 10.6. The number of rotatable bonds is 9. The molecule has 0 N–H and O–H groups in total. The van der Waals surface area contributed by atoms with E-state index < -0.39 is 0 Å². The van der Waals surface area contributed by atoms with Crippen LogP contribution in [0.2, 0.25) is 0 Å². The second-order valence-corrected chi connectivity index (χ2v) is 18.7. The van der Waals surface area contributed by atoms with Gasteiger partial charge in [-0.25, -0.2) is 19.9 Å². The van der Waals surface area contributed by atoms with E-state index in [1.165, 1.54) is 21.5 Å². The third-order valence-electron chi connectivity index (χ3n) is 14.1. The first-order valence-electron chi connectivity index (χ1n) is 25.0. The van der Waals surface area contributed by atoms with Crippen molar-refractivity contribution in [3.8, 4) is 90.3 Å². The molecule has 0 saturated heterocycles. The van der Waals surface area contributed by atoms with Gasteiger partial charge in [0.05, 0.1) is 44.8 Å². The van der Waals surface area contributed by atoms with Crippen molar-refractivity contribution in [1.29, 1.82) is 0 Å². The average molecular weight is 945 g/mol. The van der Waals surface area contributed by atoms with Crippen LogP contribution in [0.1, 0.15) is 0 Å². The van der Waals surface area contributed by atoms with Crippen molar-refractivity contribution < 1.29 is 0 Å². The minimum Gasteiger partial charge on any atom is -0.309 e. The SMILES string of the molecule is c1ccc(-c2cc(-c3cccc(-n4c5ccccc5c5cc(-c6ccc7c(c6)c6ccccc6n7-c6cccc(-c7cc(-c8ccccc8)nc(-c8ccccc8)n7)c6)ccc54)c3)nc(-c3ccccc3)n2)cc1. The zero-order chi connectivity index (χ0) is 49.0. The van der Waals surface area contributed by atoms with E-state index in [2.05, 4.69) is 228 Å². The fourth-order valence-corrected chi connectivity index (χ4v) is 10.6. The monoisotopic (exact) mass is 944 g/mol. The number of benzene rings is 10. The van der Waals surface area contributed by atoms with Gasteiger partial charge in [-0.1, -0.05) is 194 Å². The second-order valence-electron chi connectivity index (χ2n) is 18.7. The standard InChI is InChI=1S/C68H44N6/c1-5-19-45(20-6-1)59-43-61(71-67(69-59)47-23-9-3-10-24-47)51-27-17-29-53(39-51)73-63-33-15-13-31-55(63)57-41-49(35-37-65(57)73)50-36-38-66-58(42-50)56-32-14-16-34-64(56)74(66)54-30-18-28-52(40-54)62-44-60(46-21-7-2-8-22-46)70-68(72-62)48-25-11-4-12-26-48/h1-44H. The van der Waals surface area contributed by atoms with Crippen molar-refractivity contribution in [2.75, 3.05) is 0 Å². The van der Waals surface area contributed by atoms with Gasteiger partial charge in [0, 0.05) is 66.3 Å². The Morgan fingerprint density at radius 3 is 0.932 bits per heavy atom. The maximum Gasteiger partial charge on any atom is 0.160 e. The van der Waals surface area contributed by atoms with Gasteiger partial charge in [0.25, 0.3) is 0 Å². The molecule has 0 aliphatic carbocycles. The van der Waals surface area contributed by atoms with Gasteiger partial charge in [0.2, 0.25) is 0 Å². The van der Waals surface area contributed by atoms with E-state index >= 15 is 0 Å². The Labute approximate surface area is 427 Å². The van der Waals surface area contributed by atoms with E-state index in [1.807, 2.05) is 48.5 Å². The molecule has 4 aromatic heterocycles. The Morgan fingerprint density at radius 1 is 0.203 bits per heavy atom. The maximum absolute atomic E-state index is 5.17. The van der Waals surface area contributed by atoms with Crippen LogP contribution in [0.15, 0.2) is 267 Å². The molecule has 4 heterocycles. The number of nitrogens with zero attached hydrogens (tertiary/aromatic N) is 6. The zero-order valence-corrected chi connectivity index (χ0v) is 40.1. The van der Waals surface area contributed by atoms with Crippen molar-refractivity contribution in [2.45, 2.75) is 0 Å². The Hall–Kier alpha value is -10.0. The quantitative estimate of drug-likeness (QED) is 0.145. The molecular weight excluding hydrogens is 901 g/mol. The van der Waals surface area contributed by atoms with Crippen LogP contribution >= 0.6 is 0 Å². The summed E-state index contributed by atoms with van der Waals surface area (Å²) in [5.74, 6) is 1.39. The first-order valence-corrected chi connectivity index (χ1v) is 25.0. The summed E-state index contributed by atoms with van der Waals surface area (Å²) in [5, 5.41) is 4.78. The molecule has 14 rings (SSSR count). The Bertz CT molecular complexity index is 4010. The molecular formula is C68H44N6. The summed E-state index contributed by atoms with van der Waals surface area (Å²) in [7, 11) is 0. The van der Waals surface area contributed by atoms with Gasteiger partial charge in [0.15, 0.2) is 11.6 Å². The number of para-hydroxylation sites is 2. The summed E-state index contributed by atoms with van der Waals surface area (Å²) in [6.45, 7) is 0. The molecule has 346 valence electrons. The highest BCUT2D eigenvalue weighted by Gasteiger charge is 2.19. The molecule has 0 saturated carbocycles. The van der Waals surface area contributed by atoms with Crippen molar-refractivity contribution in [3.63, 3.8) is 0 Å². The summed E-state index contributed by atoms with van der Waals surface area (Å²) < 4.78 is 4.76. The molecule has 0 atom stereocenters. The number of aromatic nitrogens is 6. The largest absolute Gasteiger partial charge is 0.309 e. The molecule has 6 nitrogen and oxygen atoms in total. The lowest BCUT2D eigenvalue weighted by atomic mass is 10.0. The lowest BCUT2D eigenvalue weighted by Crippen LogP contribution is -1.98. The van der Waals surface area contributed by atoms with E-state index in [0.29, 0.717) is 11.6 Å². The minimum absolute atomic E-state index is 0.697. The van der Waals surface area contributed by atoms with Crippen molar-refractivity contribution >= 4 is 43.6 Å². The first-order chi connectivity index (χ1) is 36.7. The van der Waals surface area contributed by atoms with Crippen LogP contribution in [0.3, 0.4) is 0 Å². The van der Waals surface area contributed by atoms with Crippen LogP contribution < -0.4 is 0 Å². The summed E-state index contributed by atoms with van der Waals surface area (Å²) in [4.78, 5) is 20.4. The summed E-state index contributed by atoms with van der Waals surface area (Å²) in [6.07, 6.45) is 0. The van der Waals surface area contributed by atoms with Crippen LogP contribution in [0.25, 0.3) is 134 Å². The van der Waals surface area contributed by atoms with Gasteiger partial charge < -0.3 is 9.13 Å². The normalized spacial score (nSPS) is 11.5. The number of hydrogen-bond donors (Lipinski definition) is 0. The topological polar surface area (TPSA) is 61.4 Å². The van der Waals surface area contributed by atoms with E-state index in [0.717, 1.165) is 101 Å². The van der Waals surface area contributed by atoms with Gasteiger partial charge in [-0.3, -0.25) is 0 Å². The maximum atomic E-state index is 5.17. The Morgan fingerprint density at radius 2 is 0.527 bits per heavy atom. The zero-order valence-electron chi connectivity index (χ0n) is 40.1. The van der Waals surface area contributed by atoms with E-state index in [1.54, 1.807) is 0 Å². The summed E-state index contributed by atoms with van der Waals surface area (Å²) in [6, 6.07) is 94.0. The summed E-state index contributed by atoms with van der Waals surface area (Å²) in [5.41, 5.74) is 18.6. The van der Waals surface area contributed by atoms with Crippen LogP contribution in [-0.2, 0) is 0 Å². The van der Waals surface area contributed by atoms with Gasteiger partial charge in [-0.2, -0.15) is 0 Å². The third-order valence-corrected chi connectivity index (χ3v) is 14.1. The fraction of sp³-hybridized carbons (Fsp3) is 0. The van der Waals surface area contributed by atoms with Gasteiger partial charge >= 0.3 is 0 Å². The molecule has 10 aromatic carbocycles. The highest BCUT2D eigenvalue weighted by Crippen LogP contribution is 2.40. The van der Waals surface area contributed by atoms with Crippen molar-refractivity contribution in [1.82, 2.24) is 29.1 Å². The molecule has 0 aliphatic rings. The molecule has 6 heteroatoms. The smallest absolute Gasteiger partial charge is 0.160 e.